The number of anilines is 3. The Kier molecular flexibility index (Phi) is 5.98. The molecule has 11 rings (SSSR count). The summed E-state index contributed by atoms with van der Waals surface area (Å²) in [5.74, 6) is 0. The Morgan fingerprint density at radius 3 is 1.65 bits per heavy atom. The number of hydrogen-bond acceptors (Lipinski definition) is 3. The van der Waals surface area contributed by atoms with Crippen LogP contribution in [-0.4, -0.2) is 4.98 Å². The average molecular weight is 685 g/mol. The number of rotatable bonds is 4. The minimum Gasteiger partial charge on any atom is -0.310 e. The second-order valence-electron chi connectivity index (χ2n) is 15.6. The summed E-state index contributed by atoms with van der Waals surface area (Å²) in [6, 6.07) is 54.2. The maximum Gasteiger partial charge on any atom is 0.124 e. The lowest BCUT2D eigenvalue weighted by Gasteiger charge is -2.30. The quantitative estimate of drug-likeness (QED) is 0.183. The molecule has 3 aliphatic rings. The molecule has 0 unspecified atom stereocenters. The van der Waals surface area contributed by atoms with E-state index in [0.717, 1.165) is 33.3 Å². The summed E-state index contributed by atoms with van der Waals surface area (Å²) in [5, 5.41) is 3.61. The van der Waals surface area contributed by atoms with E-state index in [1.54, 1.807) is 11.3 Å². The minimum atomic E-state index is -0.106. The lowest BCUT2D eigenvalue weighted by molar-refractivity contribution is 0.660. The summed E-state index contributed by atoms with van der Waals surface area (Å²) in [4.78, 5) is 9.08. The van der Waals surface area contributed by atoms with Crippen LogP contribution >= 0.6 is 11.3 Å². The molecule has 0 N–H and O–H groups in total. The molecular formula is C49H36N2S. The topological polar surface area (TPSA) is 16.1 Å². The molecule has 8 aromatic rings. The first-order chi connectivity index (χ1) is 25.3. The molecule has 0 amide bonds. The van der Waals surface area contributed by atoms with Crippen LogP contribution in [0.15, 0.2) is 146 Å². The van der Waals surface area contributed by atoms with Crippen LogP contribution in [0.3, 0.4) is 0 Å². The van der Waals surface area contributed by atoms with Crippen molar-refractivity contribution in [3.05, 3.63) is 168 Å². The fourth-order valence-corrected chi connectivity index (χ4v) is 10.5. The van der Waals surface area contributed by atoms with E-state index in [2.05, 4.69) is 178 Å². The highest BCUT2D eigenvalue weighted by atomic mass is 32.1. The van der Waals surface area contributed by atoms with Gasteiger partial charge in [0.05, 0.1) is 10.6 Å². The highest BCUT2D eigenvalue weighted by molar-refractivity contribution is 7.19. The summed E-state index contributed by atoms with van der Waals surface area (Å²) < 4.78 is 0. The Bertz CT molecular complexity index is 2700. The minimum absolute atomic E-state index is 0.106. The predicted octanol–water partition coefficient (Wildman–Crippen LogP) is 13.7. The van der Waals surface area contributed by atoms with Gasteiger partial charge in [0.1, 0.15) is 5.01 Å². The third-order valence-corrected chi connectivity index (χ3v) is 13.2. The predicted molar refractivity (Wildman–Crippen MR) is 219 cm³/mol. The van der Waals surface area contributed by atoms with Crippen molar-refractivity contribution in [1.29, 1.82) is 0 Å². The van der Waals surface area contributed by atoms with Gasteiger partial charge in [-0.15, -0.1) is 11.3 Å². The van der Waals surface area contributed by atoms with Gasteiger partial charge in [-0.25, -0.2) is 4.98 Å². The van der Waals surface area contributed by atoms with Crippen molar-refractivity contribution in [2.24, 2.45) is 0 Å². The van der Waals surface area contributed by atoms with Gasteiger partial charge in [-0.1, -0.05) is 137 Å². The Balaban J connectivity index is 1.14. The molecule has 0 radical (unpaired) electrons. The van der Waals surface area contributed by atoms with E-state index >= 15 is 0 Å². The first-order valence-electron chi connectivity index (χ1n) is 18.2. The van der Waals surface area contributed by atoms with Gasteiger partial charge in [-0.2, -0.15) is 0 Å². The molecule has 7 aromatic carbocycles. The smallest absolute Gasteiger partial charge is 0.124 e. The maximum atomic E-state index is 5.33. The van der Waals surface area contributed by atoms with Crippen LogP contribution in [0.5, 0.6) is 0 Å². The fourth-order valence-electron chi connectivity index (χ4n) is 9.42. The van der Waals surface area contributed by atoms with Crippen LogP contribution in [0, 0.1) is 0 Å². The molecular weight excluding hydrogens is 649 g/mol. The third-order valence-electron chi connectivity index (χ3n) is 12.0. The zero-order valence-corrected chi connectivity index (χ0v) is 30.5. The Morgan fingerprint density at radius 2 is 1.02 bits per heavy atom. The molecule has 0 atom stereocenters. The third kappa shape index (κ3) is 3.97. The van der Waals surface area contributed by atoms with E-state index < -0.39 is 0 Å². The van der Waals surface area contributed by atoms with Gasteiger partial charge in [0.2, 0.25) is 0 Å². The van der Waals surface area contributed by atoms with Gasteiger partial charge in [0, 0.05) is 44.6 Å². The van der Waals surface area contributed by atoms with Gasteiger partial charge >= 0.3 is 0 Å². The van der Waals surface area contributed by atoms with Gasteiger partial charge in [0.15, 0.2) is 0 Å². The van der Waals surface area contributed by atoms with Crippen molar-refractivity contribution < 1.29 is 0 Å². The molecule has 1 aromatic heterocycles. The first-order valence-corrected chi connectivity index (χ1v) is 19.0. The first kappa shape index (κ1) is 29.9. The van der Waals surface area contributed by atoms with E-state index in [0.29, 0.717) is 0 Å². The van der Waals surface area contributed by atoms with E-state index in [4.69, 9.17) is 4.98 Å². The molecule has 248 valence electrons. The molecule has 1 heterocycles. The molecule has 0 saturated heterocycles. The monoisotopic (exact) mass is 684 g/mol. The van der Waals surface area contributed by atoms with E-state index in [1.807, 2.05) is 0 Å². The molecule has 0 spiro atoms. The lowest BCUT2D eigenvalue weighted by atomic mass is 9.82. The lowest BCUT2D eigenvalue weighted by Crippen LogP contribution is -2.18. The largest absolute Gasteiger partial charge is 0.310 e. The second kappa shape index (κ2) is 10.4. The van der Waals surface area contributed by atoms with Crippen LogP contribution in [-0.2, 0) is 10.8 Å². The summed E-state index contributed by atoms with van der Waals surface area (Å²) in [7, 11) is 0. The van der Waals surface area contributed by atoms with Crippen LogP contribution < -0.4 is 4.90 Å². The van der Waals surface area contributed by atoms with Gasteiger partial charge in [-0.05, 0) is 91.7 Å². The fraction of sp³-hybridized carbons (Fsp3) is 0.122. The number of aromatic nitrogens is 1. The highest BCUT2D eigenvalue weighted by Crippen LogP contribution is 2.56. The zero-order valence-electron chi connectivity index (χ0n) is 29.7. The van der Waals surface area contributed by atoms with Crippen molar-refractivity contribution in [1.82, 2.24) is 4.98 Å². The van der Waals surface area contributed by atoms with Crippen LogP contribution in [0.25, 0.3) is 65.3 Å². The van der Waals surface area contributed by atoms with Gasteiger partial charge in [-0.3, -0.25) is 0 Å². The van der Waals surface area contributed by atoms with E-state index in [-0.39, 0.29) is 10.8 Å². The van der Waals surface area contributed by atoms with Crippen LogP contribution in [0.4, 0.5) is 17.1 Å². The SMILES string of the molecule is CC1(C)c2ccccc2-c2ccc(N(c3ccc4c(c3)C(C)(C)c3ccccc3-4)c3cc4c5c(cccc5c3)-c3sc(-c5ccccc5)nc3-4)cc21. The maximum absolute atomic E-state index is 5.33. The molecule has 0 fully saturated rings. The van der Waals surface area contributed by atoms with Crippen LogP contribution in [0.1, 0.15) is 49.9 Å². The molecule has 52 heavy (non-hydrogen) atoms. The Morgan fingerprint density at radius 1 is 0.462 bits per heavy atom. The highest BCUT2D eigenvalue weighted by Gasteiger charge is 2.38. The number of fused-ring (bicyclic) bond motifs is 9. The van der Waals surface area contributed by atoms with Crippen molar-refractivity contribution in [2.75, 3.05) is 4.90 Å². The number of thiazole rings is 1. The van der Waals surface area contributed by atoms with Crippen molar-refractivity contribution >= 4 is 39.2 Å². The molecule has 2 nitrogen and oxygen atoms in total. The molecule has 0 saturated carbocycles. The van der Waals surface area contributed by atoms with E-state index in [1.165, 1.54) is 71.3 Å². The summed E-state index contributed by atoms with van der Waals surface area (Å²) in [5.41, 5.74) is 18.9. The summed E-state index contributed by atoms with van der Waals surface area (Å²) in [6.45, 7) is 9.47. The van der Waals surface area contributed by atoms with Crippen molar-refractivity contribution in [3.8, 4) is 54.5 Å². The van der Waals surface area contributed by atoms with Crippen LogP contribution in [0.2, 0.25) is 0 Å². The van der Waals surface area contributed by atoms with Crippen molar-refractivity contribution in [2.45, 2.75) is 38.5 Å². The normalized spacial score (nSPS) is 14.8. The molecule has 0 aliphatic heterocycles. The van der Waals surface area contributed by atoms with E-state index in [9.17, 15) is 0 Å². The second-order valence-corrected chi connectivity index (χ2v) is 16.6. The Hall–Kier alpha value is -5.77. The van der Waals surface area contributed by atoms with Gasteiger partial charge in [0.25, 0.3) is 0 Å². The molecule has 3 heteroatoms. The Labute approximate surface area is 308 Å². The zero-order chi connectivity index (χ0) is 34.9. The number of benzene rings is 7. The van der Waals surface area contributed by atoms with Crippen molar-refractivity contribution in [3.63, 3.8) is 0 Å². The van der Waals surface area contributed by atoms with Gasteiger partial charge < -0.3 is 4.90 Å². The summed E-state index contributed by atoms with van der Waals surface area (Å²) in [6.07, 6.45) is 0. The summed E-state index contributed by atoms with van der Waals surface area (Å²) >= 11 is 1.80. The number of hydrogen-bond donors (Lipinski definition) is 0. The molecule has 0 bridgehead atoms. The number of nitrogens with zero attached hydrogens (tertiary/aromatic N) is 2. The standard InChI is InChI=1S/C49H36N2S/c1-48(2)40-19-10-8-16-34(40)36-23-21-31(27-42(36)48)51(32-22-24-37-35-17-9-11-20-41(35)49(3,4)43(37)28-32)33-25-30-15-12-18-38-44(30)39(26-33)45-46(38)52-47(50-45)29-13-6-5-7-14-29/h5-28H,1-4H3. The molecule has 3 aliphatic carbocycles. The average Bonchev–Trinajstić information content (AvgIpc) is 3.86.